The van der Waals surface area contributed by atoms with Gasteiger partial charge in [-0.05, 0) is 49.9 Å². The molecule has 4 aliphatic rings. The first-order chi connectivity index (χ1) is 15.8. The van der Waals surface area contributed by atoms with Crippen molar-refractivity contribution in [1.29, 1.82) is 0 Å². The number of aliphatic hydroxyl groups excluding tert-OH is 1. The van der Waals surface area contributed by atoms with Crippen LogP contribution in [0.2, 0.25) is 0 Å². The molecule has 1 aromatic rings. The van der Waals surface area contributed by atoms with Gasteiger partial charge in [0.15, 0.2) is 5.78 Å². The van der Waals surface area contributed by atoms with Gasteiger partial charge in [-0.1, -0.05) is 25.5 Å². The average Bonchev–Trinajstić information content (AvgIpc) is 3.11. The molecule has 3 fully saturated rings. The van der Waals surface area contributed by atoms with Gasteiger partial charge in [0.1, 0.15) is 6.10 Å². The Balaban J connectivity index is 1.25. The summed E-state index contributed by atoms with van der Waals surface area (Å²) in [5.41, 5.74) is 2.89. The van der Waals surface area contributed by atoms with Crippen LogP contribution in [0.3, 0.4) is 0 Å². The fraction of sp³-hybridized carbons (Fsp3) is 0.630. The van der Waals surface area contributed by atoms with Crippen LogP contribution >= 0.6 is 0 Å². The molecule has 0 spiro atoms. The SMILES string of the molecule is CC(=O)c1ccc(N2CCN(C[C@H]3C(=O)O[C@@H]4CC5=CCC[C@@H](C)[C@@]5(C)[C@H](O)[C@H]43)CC2)cc1. The fourth-order valence-electron chi connectivity index (χ4n) is 6.65. The molecule has 1 aromatic carbocycles. The molecular formula is C27H36N2O4. The molecule has 6 atom stereocenters. The van der Waals surface area contributed by atoms with Crippen molar-refractivity contribution in [2.24, 2.45) is 23.2 Å². The molecule has 2 aliphatic heterocycles. The Hall–Kier alpha value is -2.18. The second-order valence-electron chi connectivity index (χ2n) is 10.7. The van der Waals surface area contributed by atoms with E-state index in [0.29, 0.717) is 12.5 Å². The lowest BCUT2D eigenvalue weighted by atomic mass is 9.55. The van der Waals surface area contributed by atoms with Crippen molar-refractivity contribution in [2.45, 2.75) is 52.2 Å². The number of esters is 1. The molecule has 6 heteroatoms. The zero-order valence-electron chi connectivity index (χ0n) is 20.0. The van der Waals surface area contributed by atoms with E-state index in [4.69, 9.17) is 4.74 Å². The molecular weight excluding hydrogens is 416 g/mol. The van der Waals surface area contributed by atoms with Crippen LogP contribution in [0.4, 0.5) is 5.69 Å². The molecule has 0 aromatic heterocycles. The van der Waals surface area contributed by atoms with E-state index in [1.807, 2.05) is 24.3 Å². The average molecular weight is 453 g/mol. The number of hydrogen-bond acceptors (Lipinski definition) is 6. The van der Waals surface area contributed by atoms with Crippen molar-refractivity contribution >= 4 is 17.4 Å². The van der Waals surface area contributed by atoms with Crippen molar-refractivity contribution in [2.75, 3.05) is 37.6 Å². The number of allylic oxidation sites excluding steroid dienone is 1. The number of ketones is 1. The number of hydrogen-bond donors (Lipinski definition) is 1. The predicted octanol–water partition coefficient (Wildman–Crippen LogP) is 3.30. The van der Waals surface area contributed by atoms with E-state index >= 15 is 0 Å². The van der Waals surface area contributed by atoms with Gasteiger partial charge in [0, 0.05) is 61.7 Å². The highest BCUT2D eigenvalue weighted by atomic mass is 16.6. The Morgan fingerprint density at radius 3 is 2.55 bits per heavy atom. The number of carbonyl (C=O) groups is 2. The number of ether oxygens (including phenoxy) is 1. The highest BCUT2D eigenvalue weighted by Gasteiger charge is 2.59. The zero-order chi connectivity index (χ0) is 23.3. The Bertz CT molecular complexity index is 949. The van der Waals surface area contributed by atoms with Crippen LogP contribution in [-0.2, 0) is 9.53 Å². The van der Waals surface area contributed by atoms with Crippen LogP contribution in [0, 0.1) is 23.2 Å². The van der Waals surface area contributed by atoms with Gasteiger partial charge in [-0.2, -0.15) is 0 Å². The molecule has 6 nitrogen and oxygen atoms in total. The van der Waals surface area contributed by atoms with Crippen molar-refractivity contribution < 1.29 is 19.4 Å². The number of rotatable bonds is 4. The third kappa shape index (κ3) is 3.81. The summed E-state index contributed by atoms with van der Waals surface area (Å²) in [5, 5.41) is 11.6. The largest absolute Gasteiger partial charge is 0.461 e. The van der Waals surface area contributed by atoms with Crippen LogP contribution in [0.25, 0.3) is 0 Å². The van der Waals surface area contributed by atoms with Crippen molar-refractivity contribution in [1.82, 2.24) is 4.90 Å². The van der Waals surface area contributed by atoms with E-state index in [1.54, 1.807) is 6.92 Å². The Morgan fingerprint density at radius 1 is 1.18 bits per heavy atom. The summed E-state index contributed by atoms with van der Waals surface area (Å²) in [5.74, 6) is -0.0436. The molecule has 5 rings (SSSR count). The third-order valence-corrected chi connectivity index (χ3v) is 9.04. The summed E-state index contributed by atoms with van der Waals surface area (Å²) in [4.78, 5) is 29.1. The molecule has 2 aliphatic carbocycles. The van der Waals surface area contributed by atoms with Crippen LogP contribution in [0.1, 0.15) is 50.4 Å². The lowest BCUT2D eigenvalue weighted by Crippen LogP contribution is -2.55. The molecule has 2 saturated heterocycles. The second kappa shape index (κ2) is 8.55. The molecule has 1 N–H and O–H groups in total. The summed E-state index contributed by atoms with van der Waals surface area (Å²) >= 11 is 0. The van der Waals surface area contributed by atoms with E-state index in [1.165, 1.54) is 5.57 Å². The van der Waals surface area contributed by atoms with Gasteiger partial charge in [0.25, 0.3) is 0 Å². The Morgan fingerprint density at radius 2 is 1.88 bits per heavy atom. The van der Waals surface area contributed by atoms with E-state index < -0.39 is 6.10 Å². The molecule has 33 heavy (non-hydrogen) atoms. The fourth-order valence-corrected chi connectivity index (χ4v) is 6.65. The lowest BCUT2D eigenvalue weighted by Gasteiger charge is -2.52. The summed E-state index contributed by atoms with van der Waals surface area (Å²) in [7, 11) is 0. The molecule has 1 saturated carbocycles. The number of carbonyl (C=O) groups excluding carboxylic acids is 2. The molecule has 2 heterocycles. The maximum absolute atomic E-state index is 12.9. The Kier molecular flexibility index (Phi) is 5.86. The van der Waals surface area contributed by atoms with Crippen LogP contribution in [-0.4, -0.2) is 66.7 Å². The minimum absolute atomic E-state index is 0.0807. The molecule has 178 valence electrons. The quantitative estimate of drug-likeness (QED) is 0.430. The molecule has 0 amide bonds. The van der Waals surface area contributed by atoms with Gasteiger partial charge in [-0.3, -0.25) is 14.5 Å². The highest BCUT2D eigenvalue weighted by Crippen LogP contribution is 2.56. The number of anilines is 1. The van der Waals surface area contributed by atoms with Gasteiger partial charge >= 0.3 is 5.97 Å². The van der Waals surface area contributed by atoms with E-state index in [0.717, 1.165) is 56.7 Å². The summed E-state index contributed by atoms with van der Waals surface area (Å²) in [6.07, 6.45) is 4.45. The smallest absolute Gasteiger partial charge is 0.311 e. The maximum Gasteiger partial charge on any atom is 0.311 e. The first-order valence-electron chi connectivity index (χ1n) is 12.5. The normalized spacial score (nSPS) is 36.6. The minimum atomic E-state index is -0.546. The number of fused-ring (bicyclic) bond motifs is 2. The van der Waals surface area contributed by atoms with E-state index in [-0.39, 0.29) is 35.1 Å². The molecule has 0 unspecified atom stereocenters. The summed E-state index contributed by atoms with van der Waals surface area (Å²) in [6, 6.07) is 7.80. The van der Waals surface area contributed by atoms with Gasteiger partial charge in [-0.25, -0.2) is 0 Å². The zero-order valence-corrected chi connectivity index (χ0v) is 20.0. The summed E-state index contributed by atoms with van der Waals surface area (Å²) < 4.78 is 5.84. The summed E-state index contributed by atoms with van der Waals surface area (Å²) in [6.45, 7) is 10.2. The second-order valence-corrected chi connectivity index (χ2v) is 10.7. The molecule has 0 bridgehead atoms. The van der Waals surface area contributed by atoms with Crippen molar-refractivity contribution in [3.05, 3.63) is 41.5 Å². The van der Waals surface area contributed by atoms with Gasteiger partial charge in [0.2, 0.25) is 0 Å². The standard InChI is InChI=1S/C27H36N2O4/c1-17-5-4-6-20-15-23-24(25(31)27(17,20)3)22(26(32)33-23)16-28-11-13-29(14-12-28)21-9-7-19(8-10-21)18(2)30/h6-10,17,22-25,31H,4-5,11-16H2,1-3H3/t17-,22-,23-,24+,25-,27-/m1/s1. The first-order valence-corrected chi connectivity index (χ1v) is 12.5. The van der Waals surface area contributed by atoms with E-state index in [2.05, 4.69) is 29.7 Å². The van der Waals surface area contributed by atoms with Crippen molar-refractivity contribution in [3.8, 4) is 0 Å². The van der Waals surface area contributed by atoms with Gasteiger partial charge in [0.05, 0.1) is 12.0 Å². The lowest BCUT2D eigenvalue weighted by molar-refractivity contribution is -0.145. The first kappa shape index (κ1) is 22.6. The maximum atomic E-state index is 12.9. The van der Waals surface area contributed by atoms with Crippen molar-refractivity contribution in [3.63, 3.8) is 0 Å². The van der Waals surface area contributed by atoms with Gasteiger partial charge in [-0.15, -0.1) is 0 Å². The topological polar surface area (TPSA) is 70.1 Å². The minimum Gasteiger partial charge on any atom is -0.461 e. The molecule has 0 radical (unpaired) electrons. The number of benzene rings is 1. The number of aliphatic hydroxyl groups is 1. The predicted molar refractivity (Wildman–Crippen MR) is 127 cm³/mol. The highest BCUT2D eigenvalue weighted by molar-refractivity contribution is 5.94. The van der Waals surface area contributed by atoms with Crippen LogP contribution < -0.4 is 4.90 Å². The monoisotopic (exact) mass is 452 g/mol. The van der Waals surface area contributed by atoms with Crippen LogP contribution in [0.15, 0.2) is 35.9 Å². The Labute approximate surface area is 196 Å². The van der Waals surface area contributed by atoms with E-state index in [9.17, 15) is 14.7 Å². The number of nitrogens with zero attached hydrogens (tertiary/aromatic N) is 2. The number of piperazine rings is 1. The van der Waals surface area contributed by atoms with Crippen LogP contribution in [0.5, 0.6) is 0 Å². The van der Waals surface area contributed by atoms with Gasteiger partial charge < -0.3 is 14.7 Å². The third-order valence-electron chi connectivity index (χ3n) is 9.04. The number of Topliss-reactive ketones (excluding diaryl/α,β-unsaturated/α-hetero) is 1.